The molecule has 1 N–H and O–H groups in total. The van der Waals surface area contributed by atoms with Gasteiger partial charge >= 0.3 is 0 Å². The zero-order valence-corrected chi connectivity index (χ0v) is 19.0. The zero-order chi connectivity index (χ0) is 21.1. The number of hydrogen-bond donors (Lipinski definition) is 1. The molecule has 0 heterocycles. The first kappa shape index (κ1) is 22.6. The molecule has 0 amide bonds. The molecule has 0 unspecified atom stereocenters. The molecule has 0 saturated carbocycles. The highest BCUT2D eigenvalue weighted by Crippen LogP contribution is 2.35. The minimum atomic E-state index is -3.97. The van der Waals surface area contributed by atoms with Gasteiger partial charge in [0.15, 0.2) is 11.5 Å². The molecule has 0 spiro atoms. The van der Waals surface area contributed by atoms with Crippen LogP contribution >= 0.6 is 15.9 Å². The predicted molar refractivity (Wildman–Crippen MR) is 109 cm³/mol. The van der Waals surface area contributed by atoms with Crippen LogP contribution in [0.25, 0.3) is 0 Å². The van der Waals surface area contributed by atoms with Crippen molar-refractivity contribution in [3.63, 3.8) is 0 Å². The lowest BCUT2D eigenvalue weighted by Crippen LogP contribution is -2.27. The lowest BCUT2D eigenvalue weighted by atomic mass is 10.2. The standard InChI is InChI=1S/C17H21BrN2O6S2/c1-20(2)28(23,24)16-8-6-5-7-12(16)11-19-27(21,22)17-10-15(26-4)14(25-3)9-13(17)18/h5-10,19H,11H2,1-4H3. The molecule has 11 heteroatoms. The molecular weight excluding hydrogens is 472 g/mol. The van der Waals surface area contributed by atoms with Crippen LogP contribution in [0.2, 0.25) is 0 Å². The molecule has 0 saturated heterocycles. The van der Waals surface area contributed by atoms with E-state index in [0.717, 1.165) is 4.31 Å². The number of benzene rings is 2. The third-order valence-electron chi connectivity index (χ3n) is 3.91. The zero-order valence-electron chi connectivity index (χ0n) is 15.8. The van der Waals surface area contributed by atoms with Gasteiger partial charge in [-0.1, -0.05) is 18.2 Å². The van der Waals surface area contributed by atoms with Crippen LogP contribution in [0.5, 0.6) is 11.5 Å². The number of halogens is 1. The first-order valence-electron chi connectivity index (χ1n) is 7.96. The number of hydrogen-bond acceptors (Lipinski definition) is 6. The second kappa shape index (κ2) is 8.78. The summed E-state index contributed by atoms with van der Waals surface area (Å²) in [5, 5.41) is 0. The van der Waals surface area contributed by atoms with Crippen molar-refractivity contribution in [2.24, 2.45) is 0 Å². The number of rotatable bonds is 8. The van der Waals surface area contributed by atoms with Gasteiger partial charge in [-0.25, -0.2) is 25.9 Å². The Kier molecular flexibility index (Phi) is 7.10. The molecular formula is C17H21BrN2O6S2. The van der Waals surface area contributed by atoms with Crippen molar-refractivity contribution in [2.45, 2.75) is 16.3 Å². The topological polar surface area (TPSA) is 102 Å². The number of nitrogens with one attached hydrogen (secondary N) is 1. The van der Waals surface area contributed by atoms with Crippen molar-refractivity contribution in [3.8, 4) is 11.5 Å². The molecule has 0 radical (unpaired) electrons. The van der Waals surface area contributed by atoms with Crippen LogP contribution in [-0.2, 0) is 26.6 Å². The van der Waals surface area contributed by atoms with Crippen molar-refractivity contribution in [2.75, 3.05) is 28.3 Å². The van der Waals surface area contributed by atoms with E-state index in [2.05, 4.69) is 20.7 Å². The van der Waals surface area contributed by atoms with Crippen LogP contribution in [0, 0.1) is 0 Å². The Hall–Kier alpha value is -1.66. The SMILES string of the molecule is COc1cc(Br)c(S(=O)(=O)NCc2ccccc2S(=O)(=O)N(C)C)cc1OC. The summed E-state index contributed by atoms with van der Waals surface area (Å²) in [7, 11) is -2.01. The summed E-state index contributed by atoms with van der Waals surface area (Å²) in [4.78, 5) is -0.0211. The average molecular weight is 493 g/mol. The van der Waals surface area contributed by atoms with Crippen molar-refractivity contribution in [1.82, 2.24) is 9.03 Å². The van der Waals surface area contributed by atoms with Gasteiger partial charge in [-0.15, -0.1) is 0 Å². The van der Waals surface area contributed by atoms with Crippen molar-refractivity contribution in [1.29, 1.82) is 0 Å². The first-order valence-corrected chi connectivity index (χ1v) is 11.7. The Morgan fingerprint density at radius 1 is 0.964 bits per heavy atom. The molecule has 0 atom stereocenters. The van der Waals surface area contributed by atoms with Gasteiger partial charge in [0.05, 0.1) is 19.1 Å². The lowest BCUT2D eigenvalue weighted by molar-refractivity contribution is 0.353. The summed E-state index contributed by atoms with van der Waals surface area (Å²) in [6.45, 7) is -0.202. The molecule has 2 rings (SSSR count). The molecule has 2 aromatic rings. The number of sulfonamides is 2. The van der Waals surface area contributed by atoms with Gasteiger partial charge in [-0.2, -0.15) is 0 Å². The maximum absolute atomic E-state index is 12.8. The third kappa shape index (κ3) is 4.66. The van der Waals surface area contributed by atoms with E-state index in [1.165, 1.54) is 46.5 Å². The molecule has 2 aromatic carbocycles. The smallest absolute Gasteiger partial charge is 0.242 e. The summed E-state index contributed by atoms with van der Waals surface area (Å²) in [5.41, 5.74) is 0.330. The van der Waals surface area contributed by atoms with E-state index in [0.29, 0.717) is 11.3 Å². The Morgan fingerprint density at radius 2 is 1.54 bits per heavy atom. The Bertz CT molecular complexity index is 1070. The van der Waals surface area contributed by atoms with E-state index in [1.54, 1.807) is 18.2 Å². The van der Waals surface area contributed by atoms with Crippen LogP contribution in [-0.4, -0.2) is 49.5 Å². The Labute approximate surface area is 173 Å². The first-order chi connectivity index (χ1) is 13.0. The summed E-state index contributed by atoms with van der Waals surface area (Å²) in [6, 6.07) is 9.03. The minimum absolute atomic E-state index is 0.0362. The molecule has 28 heavy (non-hydrogen) atoms. The fourth-order valence-corrected chi connectivity index (χ4v) is 5.55. The van der Waals surface area contributed by atoms with Crippen LogP contribution < -0.4 is 14.2 Å². The van der Waals surface area contributed by atoms with Crippen LogP contribution in [0.4, 0.5) is 0 Å². The third-order valence-corrected chi connectivity index (χ3v) is 8.19. The van der Waals surface area contributed by atoms with Crippen molar-refractivity contribution < 1.29 is 26.3 Å². The summed E-state index contributed by atoms with van der Waals surface area (Å²) in [6.07, 6.45) is 0. The van der Waals surface area contributed by atoms with Gasteiger partial charge in [-0.05, 0) is 33.6 Å². The summed E-state index contributed by atoms with van der Waals surface area (Å²) < 4.78 is 64.6. The lowest BCUT2D eigenvalue weighted by Gasteiger charge is -2.16. The average Bonchev–Trinajstić information content (AvgIpc) is 2.66. The number of ether oxygens (including phenoxy) is 2. The van der Waals surface area contributed by atoms with E-state index in [9.17, 15) is 16.8 Å². The van der Waals surface area contributed by atoms with Crippen LogP contribution in [0.3, 0.4) is 0 Å². The van der Waals surface area contributed by atoms with Crippen LogP contribution in [0.15, 0.2) is 50.7 Å². The molecule has 154 valence electrons. The van der Waals surface area contributed by atoms with E-state index >= 15 is 0 Å². The fraction of sp³-hybridized carbons (Fsp3) is 0.294. The maximum atomic E-state index is 12.8. The molecule has 8 nitrogen and oxygen atoms in total. The van der Waals surface area contributed by atoms with Crippen molar-refractivity contribution in [3.05, 3.63) is 46.4 Å². The monoisotopic (exact) mass is 492 g/mol. The van der Waals surface area contributed by atoms with E-state index in [1.807, 2.05) is 0 Å². The van der Waals surface area contributed by atoms with Crippen LogP contribution in [0.1, 0.15) is 5.56 Å². The highest BCUT2D eigenvalue weighted by molar-refractivity contribution is 9.10. The predicted octanol–water partition coefficient (Wildman–Crippen LogP) is 2.20. The largest absolute Gasteiger partial charge is 0.493 e. The minimum Gasteiger partial charge on any atom is -0.493 e. The van der Waals surface area contributed by atoms with Gasteiger partial charge < -0.3 is 9.47 Å². The van der Waals surface area contributed by atoms with E-state index in [-0.39, 0.29) is 26.6 Å². The van der Waals surface area contributed by atoms with Gasteiger partial charge in [0, 0.05) is 31.2 Å². The Morgan fingerprint density at radius 3 is 2.11 bits per heavy atom. The second-order valence-electron chi connectivity index (χ2n) is 5.86. The van der Waals surface area contributed by atoms with Gasteiger partial charge in [0.2, 0.25) is 20.0 Å². The fourth-order valence-electron chi connectivity index (χ4n) is 2.39. The van der Waals surface area contributed by atoms with E-state index < -0.39 is 20.0 Å². The quantitative estimate of drug-likeness (QED) is 0.605. The highest BCUT2D eigenvalue weighted by Gasteiger charge is 2.24. The molecule has 0 fully saturated rings. The molecule has 0 aliphatic carbocycles. The molecule has 0 aliphatic rings. The normalized spacial score (nSPS) is 12.2. The van der Waals surface area contributed by atoms with Gasteiger partial charge in [0.1, 0.15) is 4.90 Å². The molecule has 0 bridgehead atoms. The highest BCUT2D eigenvalue weighted by atomic mass is 79.9. The van der Waals surface area contributed by atoms with Gasteiger partial charge in [-0.3, -0.25) is 0 Å². The Balaban J connectivity index is 2.39. The van der Waals surface area contributed by atoms with Crippen molar-refractivity contribution >= 4 is 36.0 Å². The van der Waals surface area contributed by atoms with Gasteiger partial charge in [0.25, 0.3) is 0 Å². The summed E-state index contributed by atoms with van der Waals surface area (Å²) >= 11 is 3.22. The maximum Gasteiger partial charge on any atom is 0.242 e. The summed E-state index contributed by atoms with van der Waals surface area (Å²) in [5.74, 6) is 0.623. The number of methoxy groups -OCH3 is 2. The number of nitrogens with zero attached hydrogens (tertiary/aromatic N) is 1. The van der Waals surface area contributed by atoms with E-state index in [4.69, 9.17) is 9.47 Å². The molecule has 0 aromatic heterocycles. The molecule has 0 aliphatic heterocycles. The second-order valence-corrected chi connectivity index (χ2v) is 10.6.